The van der Waals surface area contributed by atoms with E-state index in [-0.39, 0.29) is 11.5 Å². The van der Waals surface area contributed by atoms with Crippen LogP contribution in [-0.2, 0) is 0 Å². The van der Waals surface area contributed by atoms with Gasteiger partial charge in [-0.25, -0.2) is 9.18 Å². The summed E-state index contributed by atoms with van der Waals surface area (Å²) in [7, 11) is 0. The number of hydrogen-bond acceptors (Lipinski definition) is 4. The number of nitrogens with one attached hydrogen (secondary N) is 1. The van der Waals surface area contributed by atoms with Crippen molar-refractivity contribution in [3.63, 3.8) is 0 Å². The lowest BCUT2D eigenvalue weighted by Gasteiger charge is -2.20. The second-order valence-electron chi connectivity index (χ2n) is 6.03. The van der Waals surface area contributed by atoms with E-state index < -0.39 is 17.4 Å². The van der Waals surface area contributed by atoms with Gasteiger partial charge in [-0.05, 0) is 57.2 Å². The number of amides is 1. The highest BCUT2D eigenvalue weighted by Gasteiger charge is 2.17. The first-order chi connectivity index (χ1) is 10.7. The van der Waals surface area contributed by atoms with E-state index in [2.05, 4.69) is 5.32 Å². The largest absolute Gasteiger partial charge is 0.457 e. The minimum atomic E-state index is -0.719. The van der Waals surface area contributed by atoms with Crippen molar-refractivity contribution in [1.29, 1.82) is 0 Å². The number of halogens is 1. The number of carbonyl (C=O) groups excluding carboxylic acids is 1. The van der Waals surface area contributed by atoms with Gasteiger partial charge in [0.25, 0.3) is 0 Å². The topological polar surface area (TPSA) is 73.6 Å². The van der Waals surface area contributed by atoms with Crippen LogP contribution in [0.3, 0.4) is 0 Å². The van der Waals surface area contributed by atoms with Crippen LogP contribution in [0.25, 0.3) is 0 Å². The maximum Gasteiger partial charge on any atom is 0.413 e. The molecule has 0 radical (unpaired) electrons. The molecule has 0 aliphatic heterocycles. The number of rotatable bonds is 3. The summed E-state index contributed by atoms with van der Waals surface area (Å²) in [5, 5.41) is 2.58. The fourth-order valence-corrected chi connectivity index (χ4v) is 1.73. The molecule has 0 saturated heterocycles. The SMILES string of the molecule is CC(C)(C)NC(=O)Oc1ccc(Oc2ccc(N)cc2)cc1F. The van der Waals surface area contributed by atoms with E-state index in [1.807, 2.05) is 0 Å². The highest BCUT2D eigenvalue weighted by molar-refractivity contribution is 5.71. The second kappa shape index (κ2) is 6.56. The highest BCUT2D eigenvalue weighted by atomic mass is 19.1. The smallest absolute Gasteiger partial charge is 0.413 e. The van der Waals surface area contributed by atoms with Crippen molar-refractivity contribution < 1.29 is 18.7 Å². The van der Waals surface area contributed by atoms with Gasteiger partial charge >= 0.3 is 6.09 Å². The van der Waals surface area contributed by atoms with Crippen LogP contribution in [0.1, 0.15) is 20.8 Å². The van der Waals surface area contributed by atoms with Gasteiger partial charge in [0.2, 0.25) is 0 Å². The standard InChI is InChI=1S/C17H19FN2O3/c1-17(2,3)20-16(21)23-15-9-8-13(10-14(15)18)22-12-6-4-11(19)5-7-12/h4-10H,19H2,1-3H3,(H,20,21). The quantitative estimate of drug-likeness (QED) is 0.836. The number of anilines is 1. The molecule has 23 heavy (non-hydrogen) atoms. The third-order valence-electron chi connectivity index (χ3n) is 2.70. The number of nitrogen functional groups attached to an aromatic ring is 1. The Morgan fingerprint density at radius 3 is 2.26 bits per heavy atom. The monoisotopic (exact) mass is 318 g/mol. The Kier molecular flexibility index (Phi) is 4.74. The van der Waals surface area contributed by atoms with Crippen molar-refractivity contribution in [3.05, 3.63) is 48.3 Å². The van der Waals surface area contributed by atoms with E-state index in [0.717, 1.165) is 6.07 Å². The first-order valence-corrected chi connectivity index (χ1v) is 7.06. The maximum absolute atomic E-state index is 14.0. The van der Waals surface area contributed by atoms with Crippen molar-refractivity contribution in [2.75, 3.05) is 5.73 Å². The van der Waals surface area contributed by atoms with Crippen molar-refractivity contribution in [2.45, 2.75) is 26.3 Å². The van der Waals surface area contributed by atoms with Crippen molar-refractivity contribution in [1.82, 2.24) is 5.32 Å². The number of nitrogens with two attached hydrogens (primary N) is 1. The van der Waals surface area contributed by atoms with Crippen LogP contribution in [0.4, 0.5) is 14.9 Å². The molecular weight excluding hydrogens is 299 g/mol. The molecule has 0 spiro atoms. The molecule has 122 valence electrons. The molecule has 0 aliphatic rings. The molecule has 6 heteroatoms. The van der Waals surface area contributed by atoms with E-state index in [4.69, 9.17) is 15.2 Å². The number of carbonyl (C=O) groups is 1. The van der Waals surface area contributed by atoms with Crippen LogP contribution in [0, 0.1) is 5.82 Å². The fourth-order valence-electron chi connectivity index (χ4n) is 1.73. The molecule has 0 unspecified atom stereocenters. The Balaban J connectivity index is 2.05. The third kappa shape index (κ3) is 5.18. The summed E-state index contributed by atoms with van der Waals surface area (Å²) in [6.07, 6.45) is -0.719. The van der Waals surface area contributed by atoms with Crippen molar-refractivity contribution in [2.24, 2.45) is 0 Å². The van der Waals surface area contributed by atoms with Gasteiger partial charge in [0.05, 0.1) is 0 Å². The summed E-state index contributed by atoms with van der Waals surface area (Å²) in [6, 6.07) is 10.7. The summed E-state index contributed by atoms with van der Waals surface area (Å²) in [5.74, 6) is -0.0491. The fraction of sp³-hybridized carbons (Fsp3) is 0.235. The summed E-state index contributed by atoms with van der Waals surface area (Å²) >= 11 is 0. The van der Waals surface area contributed by atoms with E-state index in [9.17, 15) is 9.18 Å². The van der Waals surface area contributed by atoms with Gasteiger partial charge in [-0.15, -0.1) is 0 Å². The molecule has 0 heterocycles. The molecule has 1 amide bonds. The zero-order chi connectivity index (χ0) is 17.0. The first kappa shape index (κ1) is 16.6. The number of ether oxygens (including phenoxy) is 2. The summed E-state index contributed by atoms with van der Waals surface area (Å²) < 4.78 is 24.5. The Hall–Kier alpha value is -2.76. The summed E-state index contributed by atoms with van der Waals surface area (Å²) in [6.45, 7) is 5.40. The zero-order valence-electron chi connectivity index (χ0n) is 13.2. The van der Waals surface area contributed by atoms with Crippen LogP contribution < -0.4 is 20.5 Å². The molecule has 2 aromatic carbocycles. The summed E-state index contributed by atoms with van der Waals surface area (Å²) in [5.41, 5.74) is 5.73. The minimum Gasteiger partial charge on any atom is -0.457 e. The van der Waals surface area contributed by atoms with Gasteiger partial charge < -0.3 is 20.5 Å². The predicted octanol–water partition coefficient (Wildman–Crippen LogP) is 4.09. The minimum absolute atomic E-state index is 0.170. The molecule has 3 N–H and O–H groups in total. The highest BCUT2D eigenvalue weighted by Crippen LogP contribution is 2.27. The molecular formula is C17H19FN2O3. The lowest BCUT2D eigenvalue weighted by atomic mass is 10.1. The lowest BCUT2D eigenvalue weighted by molar-refractivity contribution is 0.188. The average Bonchev–Trinajstić information content (AvgIpc) is 2.42. The van der Waals surface area contributed by atoms with E-state index in [0.29, 0.717) is 11.4 Å². The normalized spacial score (nSPS) is 11.0. The van der Waals surface area contributed by atoms with Gasteiger partial charge in [-0.3, -0.25) is 0 Å². The van der Waals surface area contributed by atoms with Gasteiger partial charge in [-0.2, -0.15) is 0 Å². The predicted molar refractivity (Wildman–Crippen MR) is 86.2 cm³/mol. The maximum atomic E-state index is 14.0. The molecule has 0 aliphatic carbocycles. The Labute approximate surface area is 134 Å². The number of hydrogen-bond donors (Lipinski definition) is 2. The molecule has 0 fully saturated rings. The van der Waals surface area contributed by atoms with Crippen LogP contribution >= 0.6 is 0 Å². The van der Waals surface area contributed by atoms with Gasteiger partial charge in [0.15, 0.2) is 11.6 Å². The van der Waals surface area contributed by atoms with Crippen LogP contribution in [-0.4, -0.2) is 11.6 Å². The molecule has 0 atom stereocenters. The Morgan fingerprint density at radius 1 is 1.09 bits per heavy atom. The molecule has 0 aromatic heterocycles. The van der Waals surface area contributed by atoms with E-state index in [1.54, 1.807) is 45.0 Å². The van der Waals surface area contributed by atoms with Crippen molar-refractivity contribution >= 4 is 11.8 Å². The first-order valence-electron chi connectivity index (χ1n) is 7.06. The van der Waals surface area contributed by atoms with Gasteiger partial charge in [0.1, 0.15) is 11.5 Å². The van der Waals surface area contributed by atoms with Gasteiger partial charge in [0, 0.05) is 17.3 Å². The van der Waals surface area contributed by atoms with E-state index in [1.165, 1.54) is 12.1 Å². The third-order valence-corrected chi connectivity index (χ3v) is 2.70. The van der Waals surface area contributed by atoms with Crippen molar-refractivity contribution in [3.8, 4) is 17.2 Å². The molecule has 2 aromatic rings. The molecule has 0 saturated carbocycles. The number of benzene rings is 2. The Morgan fingerprint density at radius 2 is 1.70 bits per heavy atom. The Bertz CT molecular complexity index is 694. The van der Waals surface area contributed by atoms with E-state index >= 15 is 0 Å². The average molecular weight is 318 g/mol. The molecule has 5 nitrogen and oxygen atoms in total. The van der Waals surface area contributed by atoms with Crippen LogP contribution in [0.15, 0.2) is 42.5 Å². The molecule has 0 bridgehead atoms. The van der Waals surface area contributed by atoms with Gasteiger partial charge in [-0.1, -0.05) is 0 Å². The molecule has 2 rings (SSSR count). The lowest BCUT2D eigenvalue weighted by Crippen LogP contribution is -2.42. The second-order valence-corrected chi connectivity index (χ2v) is 6.03. The summed E-state index contributed by atoms with van der Waals surface area (Å²) in [4.78, 5) is 11.6. The van der Waals surface area contributed by atoms with Crippen LogP contribution in [0.2, 0.25) is 0 Å². The van der Waals surface area contributed by atoms with Crippen LogP contribution in [0.5, 0.6) is 17.2 Å². The zero-order valence-corrected chi connectivity index (χ0v) is 13.2.